The summed E-state index contributed by atoms with van der Waals surface area (Å²) in [6.45, 7) is 3.18. The summed E-state index contributed by atoms with van der Waals surface area (Å²) in [5.41, 5.74) is 2.29. The number of hydrogen-bond acceptors (Lipinski definition) is 5. The molecule has 0 spiro atoms. The topological polar surface area (TPSA) is 104 Å². The Morgan fingerprint density at radius 1 is 0.800 bits per heavy atom. The Morgan fingerprint density at radius 3 is 1.97 bits per heavy atom. The number of aryl methyl sites for hydroxylation is 2. The average Bonchev–Trinajstić information content (AvgIpc) is 2.87. The van der Waals surface area contributed by atoms with E-state index >= 15 is 0 Å². The Labute approximate surface area is 206 Å². The highest BCUT2D eigenvalue weighted by Crippen LogP contribution is 2.26. The van der Waals surface area contributed by atoms with Crippen molar-refractivity contribution < 1.29 is 21.6 Å². The monoisotopic (exact) mass is 513 g/mol. The summed E-state index contributed by atoms with van der Waals surface area (Å²) < 4.78 is 55.8. The van der Waals surface area contributed by atoms with Crippen LogP contribution in [0, 0.1) is 13.8 Å². The first-order chi connectivity index (χ1) is 16.6. The molecule has 1 saturated heterocycles. The van der Waals surface area contributed by atoms with Gasteiger partial charge in [-0.05, 0) is 55.3 Å². The van der Waals surface area contributed by atoms with E-state index in [2.05, 4.69) is 5.32 Å². The normalized spacial score (nSPS) is 17.7. The fraction of sp³-hybridized carbons (Fsp3) is 0.240. The molecule has 1 heterocycles. The number of nitrogens with one attached hydrogen (secondary N) is 1. The lowest BCUT2D eigenvalue weighted by Crippen LogP contribution is -2.60. The highest BCUT2D eigenvalue weighted by molar-refractivity contribution is 7.89. The molecule has 1 amide bonds. The van der Waals surface area contributed by atoms with Gasteiger partial charge in [0.05, 0.1) is 9.79 Å². The summed E-state index contributed by atoms with van der Waals surface area (Å²) in [5.74, 6) is -0.592. The van der Waals surface area contributed by atoms with E-state index in [0.717, 1.165) is 15.4 Å². The SMILES string of the molecule is Cc1ccc(C)c(NC(=O)C2CN(S(=O)(=O)c3ccccc3)CCN2S(=O)(=O)c2ccccc2)c1. The minimum absolute atomic E-state index is 0.0453. The van der Waals surface area contributed by atoms with E-state index < -0.39 is 32.0 Å². The van der Waals surface area contributed by atoms with E-state index in [1.807, 2.05) is 26.0 Å². The van der Waals surface area contributed by atoms with Crippen LogP contribution in [0.25, 0.3) is 0 Å². The molecule has 0 saturated carbocycles. The number of carbonyl (C=O) groups is 1. The van der Waals surface area contributed by atoms with Crippen LogP contribution in [0.15, 0.2) is 88.7 Å². The molecule has 0 radical (unpaired) electrons. The lowest BCUT2D eigenvalue weighted by molar-refractivity contribution is -0.120. The largest absolute Gasteiger partial charge is 0.324 e. The molecule has 184 valence electrons. The molecule has 1 N–H and O–H groups in total. The van der Waals surface area contributed by atoms with Crippen molar-refractivity contribution in [2.24, 2.45) is 0 Å². The summed E-state index contributed by atoms with van der Waals surface area (Å²) in [6, 6.07) is 20.0. The molecule has 1 aliphatic heterocycles. The fourth-order valence-corrected chi connectivity index (χ4v) is 7.07. The van der Waals surface area contributed by atoms with Gasteiger partial charge in [0.2, 0.25) is 26.0 Å². The van der Waals surface area contributed by atoms with Gasteiger partial charge in [-0.3, -0.25) is 4.79 Å². The first-order valence-electron chi connectivity index (χ1n) is 11.1. The third-order valence-electron chi connectivity index (χ3n) is 5.98. The maximum Gasteiger partial charge on any atom is 0.244 e. The van der Waals surface area contributed by atoms with Gasteiger partial charge in [-0.2, -0.15) is 8.61 Å². The van der Waals surface area contributed by atoms with Crippen LogP contribution in [0.1, 0.15) is 11.1 Å². The quantitative estimate of drug-likeness (QED) is 0.546. The second-order valence-electron chi connectivity index (χ2n) is 8.43. The van der Waals surface area contributed by atoms with Gasteiger partial charge >= 0.3 is 0 Å². The molecule has 35 heavy (non-hydrogen) atoms. The van der Waals surface area contributed by atoms with Crippen LogP contribution in [0.4, 0.5) is 5.69 Å². The van der Waals surface area contributed by atoms with Gasteiger partial charge in [0.15, 0.2) is 0 Å². The van der Waals surface area contributed by atoms with Crippen molar-refractivity contribution in [1.82, 2.24) is 8.61 Å². The van der Waals surface area contributed by atoms with Crippen LogP contribution >= 0.6 is 0 Å². The molecular formula is C25H27N3O5S2. The molecule has 3 aromatic carbocycles. The van der Waals surface area contributed by atoms with Crippen molar-refractivity contribution in [3.05, 3.63) is 90.0 Å². The maximum absolute atomic E-state index is 13.5. The molecular weight excluding hydrogens is 486 g/mol. The van der Waals surface area contributed by atoms with E-state index in [1.165, 1.54) is 28.6 Å². The van der Waals surface area contributed by atoms with Gasteiger partial charge < -0.3 is 5.32 Å². The number of amides is 1. The van der Waals surface area contributed by atoms with Crippen LogP contribution in [-0.2, 0) is 24.8 Å². The summed E-state index contributed by atoms with van der Waals surface area (Å²) in [6.07, 6.45) is 0. The Balaban J connectivity index is 1.71. The summed E-state index contributed by atoms with van der Waals surface area (Å²) in [4.78, 5) is 13.6. The van der Waals surface area contributed by atoms with Crippen molar-refractivity contribution in [1.29, 1.82) is 0 Å². The molecule has 8 nitrogen and oxygen atoms in total. The predicted octanol–water partition coefficient (Wildman–Crippen LogP) is 3.01. The Morgan fingerprint density at radius 2 is 1.37 bits per heavy atom. The average molecular weight is 514 g/mol. The van der Waals surface area contributed by atoms with Crippen molar-refractivity contribution in [3.8, 4) is 0 Å². The van der Waals surface area contributed by atoms with Crippen molar-refractivity contribution in [3.63, 3.8) is 0 Å². The zero-order chi connectivity index (χ0) is 25.2. The van der Waals surface area contributed by atoms with E-state index in [9.17, 15) is 21.6 Å². The number of hydrogen-bond donors (Lipinski definition) is 1. The molecule has 1 atom stereocenters. The molecule has 4 rings (SSSR count). The molecule has 0 aliphatic carbocycles. The van der Waals surface area contributed by atoms with Gasteiger partial charge in [0, 0.05) is 25.3 Å². The maximum atomic E-state index is 13.5. The number of benzene rings is 3. The molecule has 1 aliphatic rings. The molecule has 3 aromatic rings. The fourth-order valence-electron chi connectivity index (χ4n) is 4.02. The first kappa shape index (κ1) is 25.1. The Bertz CT molecular complexity index is 1430. The van der Waals surface area contributed by atoms with Crippen LogP contribution in [0.2, 0.25) is 0 Å². The highest BCUT2D eigenvalue weighted by Gasteiger charge is 2.43. The summed E-state index contributed by atoms with van der Waals surface area (Å²) >= 11 is 0. The number of sulfonamides is 2. The zero-order valence-corrected chi connectivity index (χ0v) is 21.1. The van der Waals surface area contributed by atoms with E-state index in [1.54, 1.807) is 42.5 Å². The zero-order valence-electron chi connectivity index (χ0n) is 19.5. The van der Waals surface area contributed by atoms with Gasteiger partial charge in [-0.15, -0.1) is 0 Å². The minimum Gasteiger partial charge on any atom is -0.324 e. The van der Waals surface area contributed by atoms with Gasteiger partial charge in [0.1, 0.15) is 6.04 Å². The van der Waals surface area contributed by atoms with Crippen molar-refractivity contribution in [2.75, 3.05) is 25.0 Å². The third-order valence-corrected chi connectivity index (χ3v) is 9.78. The van der Waals surface area contributed by atoms with Crippen LogP contribution < -0.4 is 5.32 Å². The van der Waals surface area contributed by atoms with E-state index in [-0.39, 0.29) is 29.4 Å². The molecule has 0 bridgehead atoms. The summed E-state index contributed by atoms with van der Waals surface area (Å²) in [7, 11) is -7.97. The smallest absolute Gasteiger partial charge is 0.244 e. The van der Waals surface area contributed by atoms with Crippen molar-refractivity contribution in [2.45, 2.75) is 29.7 Å². The minimum atomic E-state index is -4.05. The van der Waals surface area contributed by atoms with Crippen molar-refractivity contribution >= 4 is 31.6 Å². The van der Waals surface area contributed by atoms with Crippen LogP contribution in [-0.4, -0.2) is 57.0 Å². The Hall–Kier alpha value is -3.05. The second-order valence-corrected chi connectivity index (χ2v) is 12.3. The number of piperazine rings is 1. The summed E-state index contributed by atoms with van der Waals surface area (Å²) in [5, 5.41) is 2.82. The standard InChI is InChI=1S/C25H27N3O5S2/c1-19-13-14-20(2)23(17-19)26-25(29)24-18-27(34(30,31)21-9-5-3-6-10-21)15-16-28(24)35(32,33)22-11-7-4-8-12-22/h3-14,17,24H,15-16,18H2,1-2H3,(H,26,29). The Kier molecular flexibility index (Phi) is 7.09. The first-order valence-corrected chi connectivity index (χ1v) is 14.0. The van der Waals surface area contributed by atoms with Gasteiger partial charge in [-0.25, -0.2) is 16.8 Å². The second kappa shape index (κ2) is 9.90. The molecule has 0 aromatic heterocycles. The highest BCUT2D eigenvalue weighted by atomic mass is 32.2. The number of anilines is 1. The van der Waals surface area contributed by atoms with E-state index in [0.29, 0.717) is 5.69 Å². The molecule has 1 unspecified atom stereocenters. The van der Waals surface area contributed by atoms with E-state index in [4.69, 9.17) is 0 Å². The van der Waals surface area contributed by atoms with Gasteiger partial charge in [-0.1, -0.05) is 48.5 Å². The van der Waals surface area contributed by atoms with Crippen LogP contribution in [0.3, 0.4) is 0 Å². The third kappa shape index (κ3) is 5.15. The lowest BCUT2D eigenvalue weighted by atomic mass is 10.1. The van der Waals surface area contributed by atoms with Gasteiger partial charge in [0.25, 0.3) is 0 Å². The molecule has 10 heteroatoms. The predicted molar refractivity (Wildman–Crippen MR) is 134 cm³/mol. The van der Waals surface area contributed by atoms with Crippen LogP contribution in [0.5, 0.6) is 0 Å². The lowest BCUT2D eigenvalue weighted by Gasteiger charge is -2.39. The molecule has 1 fully saturated rings. The number of carbonyl (C=O) groups excluding carboxylic acids is 1. The number of nitrogens with zero attached hydrogens (tertiary/aromatic N) is 2. The number of rotatable bonds is 6.